The summed E-state index contributed by atoms with van der Waals surface area (Å²) in [5, 5.41) is 11.0. The molecule has 2 rings (SSSR count). The number of thioether (sulfide) groups is 1. The molecule has 1 aliphatic carbocycles. The van der Waals surface area contributed by atoms with Gasteiger partial charge in [0.05, 0.1) is 12.1 Å². The van der Waals surface area contributed by atoms with Crippen molar-refractivity contribution >= 4 is 17.6 Å². The first kappa shape index (κ1) is 12.6. The van der Waals surface area contributed by atoms with Gasteiger partial charge in [-0.15, -0.1) is 11.8 Å². The Balaban J connectivity index is 2.14. The van der Waals surface area contributed by atoms with Crippen LogP contribution in [0.5, 0.6) is 0 Å². The molecule has 1 aliphatic rings. The lowest BCUT2D eigenvalue weighted by Gasteiger charge is -2.35. The zero-order valence-electron chi connectivity index (χ0n) is 10.3. The molecule has 1 aromatic rings. The summed E-state index contributed by atoms with van der Waals surface area (Å²) in [7, 11) is 2.01. The van der Waals surface area contributed by atoms with Crippen LogP contribution >= 0.6 is 11.8 Å². The Morgan fingerprint density at radius 3 is 2.82 bits per heavy atom. The largest absolute Gasteiger partial charge is 0.391 e. The van der Waals surface area contributed by atoms with Gasteiger partial charge < -0.3 is 10.0 Å². The Morgan fingerprint density at radius 2 is 2.12 bits per heavy atom. The van der Waals surface area contributed by atoms with Crippen molar-refractivity contribution in [3.05, 3.63) is 12.4 Å². The predicted octanol–water partition coefficient (Wildman–Crippen LogP) is 1.94. The third-order valence-electron chi connectivity index (χ3n) is 3.39. The normalized spacial score (nSPS) is 24.6. The molecule has 1 aromatic heterocycles. The lowest BCUT2D eigenvalue weighted by molar-refractivity contribution is 0.106. The second-order valence-corrected chi connectivity index (χ2v) is 5.28. The van der Waals surface area contributed by atoms with Crippen molar-refractivity contribution in [3.63, 3.8) is 0 Å². The van der Waals surface area contributed by atoms with E-state index in [9.17, 15) is 5.11 Å². The molecule has 94 valence electrons. The molecular weight excluding hydrogens is 234 g/mol. The van der Waals surface area contributed by atoms with Crippen LogP contribution in [0.15, 0.2) is 17.4 Å². The molecule has 2 unspecified atom stereocenters. The van der Waals surface area contributed by atoms with E-state index >= 15 is 0 Å². The highest BCUT2D eigenvalue weighted by atomic mass is 32.2. The maximum absolute atomic E-state index is 10.0. The van der Waals surface area contributed by atoms with Gasteiger partial charge in [-0.1, -0.05) is 12.8 Å². The number of rotatable bonds is 3. The van der Waals surface area contributed by atoms with E-state index in [-0.39, 0.29) is 12.1 Å². The third kappa shape index (κ3) is 2.90. The van der Waals surface area contributed by atoms with Gasteiger partial charge in [-0.2, -0.15) is 0 Å². The molecule has 1 N–H and O–H groups in total. The highest BCUT2D eigenvalue weighted by Gasteiger charge is 2.27. The summed E-state index contributed by atoms with van der Waals surface area (Å²) in [6.07, 6.45) is 7.61. The Labute approximate surface area is 106 Å². The average Bonchev–Trinajstić information content (AvgIpc) is 2.38. The first-order valence-electron chi connectivity index (χ1n) is 5.99. The second kappa shape index (κ2) is 5.69. The maximum atomic E-state index is 10.0. The smallest absolute Gasteiger partial charge is 0.133 e. The number of anilines is 1. The van der Waals surface area contributed by atoms with Gasteiger partial charge in [0.1, 0.15) is 17.2 Å². The standard InChI is InChI=1S/C12H19N3OS/c1-15(9-5-3-4-6-10(9)16)11-7-12(17-2)14-8-13-11/h7-10,16H,3-6H2,1-2H3. The fourth-order valence-corrected chi connectivity index (χ4v) is 2.72. The fourth-order valence-electron chi connectivity index (χ4n) is 2.35. The van der Waals surface area contributed by atoms with Crippen molar-refractivity contribution in [2.24, 2.45) is 0 Å². The summed E-state index contributed by atoms with van der Waals surface area (Å²) >= 11 is 1.61. The molecule has 0 amide bonds. The number of nitrogens with zero attached hydrogens (tertiary/aromatic N) is 3. The monoisotopic (exact) mass is 253 g/mol. The number of aromatic nitrogens is 2. The molecule has 2 atom stereocenters. The lowest BCUT2D eigenvalue weighted by Crippen LogP contribution is -2.43. The van der Waals surface area contributed by atoms with Crippen LogP contribution in [0.1, 0.15) is 25.7 Å². The predicted molar refractivity (Wildman–Crippen MR) is 70.5 cm³/mol. The number of hydrogen-bond donors (Lipinski definition) is 1. The Bertz CT molecular complexity index is 375. The average molecular weight is 253 g/mol. The summed E-state index contributed by atoms with van der Waals surface area (Å²) in [5.41, 5.74) is 0. The third-order valence-corrected chi connectivity index (χ3v) is 4.03. The summed E-state index contributed by atoms with van der Waals surface area (Å²) in [6, 6.07) is 2.17. The molecule has 1 fully saturated rings. The van der Waals surface area contributed by atoms with Crippen LogP contribution in [0.2, 0.25) is 0 Å². The van der Waals surface area contributed by atoms with Gasteiger partial charge >= 0.3 is 0 Å². The minimum absolute atomic E-state index is 0.188. The molecule has 0 spiro atoms. The van der Waals surface area contributed by atoms with E-state index in [0.29, 0.717) is 0 Å². The van der Waals surface area contributed by atoms with Crippen LogP contribution in [-0.2, 0) is 0 Å². The van der Waals surface area contributed by atoms with Gasteiger partial charge in [-0.05, 0) is 19.1 Å². The van der Waals surface area contributed by atoms with Gasteiger partial charge in [0.25, 0.3) is 0 Å². The van der Waals surface area contributed by atoms with Gasteiger partial charge in [-0.25, -0.2) is 9.97 Å². The van der Waals surface area contributed by atoms with Crippen molar-refractivity contribution in [2.45, 2.75) is 42.9 Å². The quantitative estimate of drug-likeness (QED) is 0.659. The van der Waals surface area contributed by atoms with Crippen LogP contribution in [-0.4, -0.2) is 40.5 Å². The van der Waals surface area contributed by atoms with E-state index in [4.69, 9.17) is 0 Å². The van der Waals surface area contributed by atoms with Crippen LogP contribution in [0.25, 0.3) is 0 Å². The first-order valence-corrected chi connectivity index (χ1v) is 7.22. The summed E-state index contributed by atoms with van der Waals surface area (Å²) in [5.74, 6) is 0.898. The number of likely N-dealkylation sites (N-methyl/N-ethyl adjacent to an activating group) is 1. The SMILES string of the molecule is CSc1cc(N(C)C2CCCCC2O)ncn1. The van der Waals surface area contributed by atoms with Crippen molar-refractivity contribution in [2.75, 3.05) is 18.2 Å². The molecule has 1 saturated carbocycles. The highest BCUT2D eigenvalue weighted by Crippen LogP contribution is 2.26. The molecule has 0 aliphatic heterocycles. The van der Waals surface area contributed by atoms with E-state index in [1.165, 1.54) is 6.42 Å². The van der Waals surface area contributed by atoms with Gasteiger partial charge in [-0.3, -0.25) is 0 Å². The first-order chi connectivity index (χ1) is 8.22. The molecule has 0 bridgehead atoms. The zero-order valence-corrected chi connectivity index (χ0v) is 11.2. The number of aliphatic hydroxyl groups is 1. The molecule has 0 radical (unpaired) electrons. The lowest BCUT2D eigenvalue weighted by atomic mass is 9.91. The van der Waals surface area contributed by atoms with E-state index < -0.39 is 0 Å². The fraction of sp³-hybridized carbons (Fsp3) is 0.667. The minimum atomic E-state index is -0.235. The molecule has 0 aromatic carbocycles. The van der Waals surface area contributed by atoms with Crippen molar-refractivity contribution < 1.29 is 5.11 Å². The van der Waals surface area contributed by atoms with Crippen molar-refractivity contribution in [3.8, 4) is 0 Å². The molecule has 5 heteroatoms. The van der Waals surface area contributed by atoms with Crippen molar-refractivity contribution in [1.29, 1.82) is 0 Å². The Morgan fingerprint density at radius 1 is 1.35 bits per heavy atom. The summed E-state index contributed by atoms with van der Waals surface area (Å²) in [6.45, 7) is 0. The van der Waals surface area contributed by atoms with Crippen LogP contribution in [0.3, 0.4) is 0 Å². The molecule has 0 saturated heterocycles. The van der Waals surface area contributed by atoms with Crippen LogP contribution in [0, 0.1) is 0 Å². The molecular formula is C12H19N3OS. The Kier molecular flexibility index (Phi) is 4.23. The maximum Gasteiger partial charge on any atom is 0.133 e. The van der Waals surface area contributed by atoms with Crippen molar-refractivity contribution in [1.82, 2.24) is 9.97 Å². The summed E-state index contributed by atoms with van der Waals surface area (Å²) in [4.78, 5) is 10.5. The van der Waals surface area contributed by atoms with E-state index in [1.54, 1.807) is 18.1 Å². The van der Waals surface area contributed by atoms with Crippen LogP contribution in [0.4, 0.5) is 5.82 Å². The highest BCUT2D eigenvalue weighted by molar-refractivity contribution is 7.98. The van der Waals surface area contributed by atoms with Gasteiger partial charge in [0.2, 0.25) is 0 Å². The Hall–Kier alpha value is -0.810. The van der Waals surface area contributed by atoms with Crippen LogP contribution < -0.4 is 4.90 Å². The molecule has 17 heavy (non-hydrogen) atoms. The number of aliphatic hydroxyl groups excluding tert-OH is 1. The minimum Gasteiger partial charge on any atom is -0.391 e. The summed E-state index contributed by atoms with van der Waals surface area (Å²) < 4.78 is 0. The molecule has 4 nitrogen and oxygen atoms in total. The van der Waals surface area contributed by atoms with E-state index in [0.717, 1.165) is 30.1 Å². The molecule has 1 heterocycles. The number of hydrogen-bond acceptors (Lipinski definition) is 5. The van der Waals surface area contributed by atoms with E-state index in [2.05, 4.69) is 14.9 Å². The zero-order chi connectivity index (χ0) is 12.3. The van der Waals surface area contributed by atoms with Gasteiger partial charge in [0, 0.05) is 13.1 Å². The topological polar surface area (TPSA) is 49.2 Å². The second-order valence-electron chi connectivity index (χ2n) is 4.45. The van der Waals surface area contributed by atoms with E-state index in [1.807, 2.05) is 19.4 Å². The van der Waals surface area contributed by atoms with Gasteiger partial charge in [0.15, 0.2) is 0 Å².